The largest absolute Gasteiger partial charge is 0.496 e. The van der Waals surface area contributed by atoms with Crippen LogP contribution in [0.1, 0.15) is 60.5 Å². The lowest BCUT2D eigenvalue weighted by Gasteiger charge is -2.26. The molecule has 0 unspecified atom stereocenters. The number of hydrogen-bond donors (Lipinski definition) is 1. The van der Waals surface area contributed by atoms with E-state index in [0.717, 1.165) is 44.1 Å². The molecule has 170 valence electrons. The third kappa shape index (κ3) is 6.00. The predicted octanol–water partition coefficient (Wildman–Crippen LogP) is 4.39. The summed E-state index contributed by atoms with van der Waals surface area (Å²) in [4.78, 5) is 12.8. The molecule has 0 saturated heterocycles. The van der Waals surface area contributed by atoms with Gasteiger partial charge in [-0.3, -0.25) is 9.10 Å². The van der Waals surface area contributed by atoms with Gasteiger partial charge in [0.2, 0.25) is 15.9 Å². The van der Waals surface area contributed by atoms with Crippen molar-refractivity contribution in [2.24, 2.45) is 0 Å². The number of amides is 1. The van der Waals surface area contributed by atoms with Crippen LogP contribution in [-0.4, -0.2) is 34.2 Å². The molecule has 6 nitrogen and oxygen atoms in total. The zero-order valence-electron chi connectivity index (χ0n) is 19.7. The van der Waals surface area contributed by atoms with E-state index >= 15 is 0 Å². The Balaban J connectivity index is 2.28. The van der Waals surface area contributed by atoms with E-state index in [9.17, 15) is 13.2 Å². The van der Waals surface area contributed by atoms with E-state index in [0.29, 0.717) is 5.69 Å². The number of carbonyl (C=O) groups excluding carboxylic acids is 1. The van der Waals surface area contributed by atoms with Crippen LogP contribution in [0, 0.1) is 20.8 Å². The Morgan fingerprint density at radius 2 is 1.68 bits per heavy atom. The van der Waals surface area contributed by atoms with Crippen molar-refractivity contribution in [2.45, 2.75) is 53.5 Å². The molecule has 0 radical (unpaired) electrons. The summed E-state index contributed by atoms with van der Waals surface area (Å²) >= 11 is 0. The van der Waals surface area contributed by atoms with Crippen LogP contribution in [-0.2, 0) is 14.8 Å². The van der Waals surface area contributed by atoms with Crippen LogP contribution >= 0.6 is 0 Å². The molecule has 0 spiro atoms. The van der Waals surface area contributed by atoms with Crippen LogP contribution < -0.4 is 14.4 Å². The second-order valence-corrected chi connectivity index (χ2v) is 10.4. The van der Waals surface area contributed by atoms with Crippen LogP contribution in [0.2, 0.25) is 0 Å². The molecule has 0 bridgehead atoms. The Bertz CT molecular complexity index is 1060. The van der Waals surface area contributed by atoms with Gasteiger partial charge >= 0.3 is 0 Å². The average Bonchev–Trinajstić information content (AvgIpc) is 2.65. The summed E-state index contributed by atoms with van der Waals surface area (Å²) in [7, 11) is -1.98. The SMILES string of the molecule is COc1cc(C)c([C@H](C)NC(=O)CN(c2ccc(C)cc2C)S(C)(=O)=O)cc1C(C)C. The molecule has 0 aromatic heterocycles. The van der Waals surface area contributed by atoms with Gasteiger partial charge in [0.05, 0.1) is 25.1 Å². The van der Waals surface area contributed by atoms with Crippen molar-refractivity contribution in [1.29, 1.82) is 0 Å². The summed E-state index contributed by atoms with van der Waals surface area (Å²) in [5.41, 5.74) is 5.40. The number of aryl methyl sites for hydroxylation is 3. The second kappa shape index (κ2) is 9.73. The topological polar surface area (TPSA) is 75.7 Å². The van der Waals surface area contributed by atoms with Crippen molar-refractivity contribution in [2.75, 3.05) is 24.2 Å². The van der Waals surface area contributed by atoms with Gasteiger partial charge in [-0.15, -0.1) is 0 Å². The van der Waals surface area contributed by atoms with Crippen molar-refractivity contribution in [3.63, 3.8) is 0 Å². The molecule has 0 fully saturated rings. The van der Waals surface area contributed by atoms with Crippen LogP contribution in [0.5, 0.6) is 5.75 Å². The quantitative estimate of drug-likeness (QED) is 0.653. The van der Waals surface area contributed by atoms with Gasteiger partial charge in [0.1, 0.15) is 12.3 Å². The fraction of sp³-hybridized carbons (Fsp3) is 0.458. The van der Waals surface area contributed by atoms with Gasteiger partial charge in [-0.05, 0) is 74.1 Å². The van der Waals surface area contributed by atoms with E-state index in [1.165, 1.54) is 0 Å². The fourth-order valence-corrected chi connectivity index (χ4v) is 4.69. The van der Waals surface area contributed by atoms with Crippen molar-refractivity contribution >= 4 is 21.6 Å². The Hall–Kier alpha value is -2.54. The van der Waals surface area contributed by atoms with Gasteiger partial charge in [0.25, 0.3) is 0 Å². The third-order valence-corrected chi connectivity index (χ3v) is 6.52. The van der Waals surface area contributed by atoms with Crippen LogP contribution in [0.4, 0.5) is 5.69 Å². The predicted molar refractivity (Wildman–Crippen MR) is 126 cm³/mol. The van der Waals surface area contributed by atoms with Gasteiger partial charge in [-0.2, -0.15) is 0 Å². The molecular formula is C24H34N2O4S. The molecule has 0 aliphatic carbocycles. The minimum atomic E-state index is -3.63. The molecule has 1 atom stereocenters. The normalized spacial score (nSPS) is 12.5. The van der Waals surface area contributed by atoms with Gasteiger partial charge in [0.15, 0.2) is 0 Å². The molecule has 2 rings (SSSR count). The minimum absolute atomic E-state index is 0.266. The van der Waals surface area contributed by atoms with E-state index < -0.39 is 10.0 Å². The lowest BCUT2D eigenvalue weighted by atomic mass is 9.93. The van der Waals surface area contributed by atoms with Gasteiger partial charge in [-0.1, -0.05) is 31.5 Å². The number of nitrogens with zero attached hydrogens (tertiary/aromatic N) is 1. The Labute approximate surface area is 186 Å². The third-order valence-electron chi connectivity index (χ3n) is 5.39. The lowest BCUT2D eigenvalue weighted by molar-refractivity contribution is -0.120. The summed E-state index contributed by atoms with van der Waals surface area (Å²) in [6, 6.07) is 9.24. The maximum Gasteiger partial charge on any atom is 0.241 e. The Morgan fingerprint density at radius 3 is 2.19 bits per heavy atom. The molecule has 2 aromatic rings. The van der Waals surface area contributed by atoms with Crippen molar-refractivity contribution in [3.8, 4) is 5.75 Å². The van der Waals surface area contributed by atoms with Crippen LogP contribution in [0.25, 0.3) is 0 Å². The number of methoxy groups -OCH3 is 1. The highest BCUT2D eigenvalue weighted by Crippen LogP contribution is 2.32. The van der Waals surface area contributed by atoms with Gasteiger partial charge in [-0.25, -0.2) is 8.42 Å². The monoisotopic (exact) mass is 446 g/mol. The molecule has 0 aliphatic rings. The Kier molecular flexibility index (Phi) is 7.76. The molecular weight excluding hydrogens is 412 g/mol. The number of ether oxygens (including phenoxy) is 1. The number of sulfonamides is 1. The minimum Gasteiger partial charge on any atom is -0.496 e. The van der Waals surface area contributed by atoms with E-state index in [1.54, 1.807) is 13.2 Å². The van der Waals surface area contributed by atoms with E-state index in [-0.39, 0.29) is 24.4 Å². The molecule has 31 heavy (non-hydrogen) atoms. The maximum absolute atomic E-state index is 12.8. The van der Waals surface area contributed by atoms with Gasteiger partial charge < -0.3 is 10.1 Å². The fourth-order valence-electron chi connectivity index (χ4n) is 3.77. The highest BCUT2D eigenvalue weighted by atomic mass is 32.2. The van der Waals surface area contributed by atoms with Crippen LogP contribution in [0.15, 0.2) is 30.3 Å². The number of nitrogens with one attached hydrogen (secondary N) is 1. The van der Waals surface area contributed by atoms with Crippen molar-refractivity contribution in [1.82, 2.24) is 5.32 Å². The molecule has 0 saturated carbocycles. The zero-order valence-corrected chi connectivity index (χ0v) is 20.6. The summed E-state index contributed by atoms with van der Waals surface area (Å²) in [6.45, 7) is 11.6. The average molecular weight is 447 g/mol. The van der Waals surface area contributed by atoms with E-state index in [4.69, 9.17) is 4.74 Å². The molecule has 1 amide bonds. The van der Waals surface area contributed by atoms with Crippen molar-refractivity contribution < 1.29 is 17.9 Å². The standard InChI is InChI=1S/C24H34N2O4S/c1-15(2)20-13-21(17(4)12-23(20)30-7)19(6)25-24(27)14-26(31(8,28)29)22-10-9-16(3)11-18(22)5/h9-13,15,19H,14H2,1-8H3,(H,25,27)/t19-/m0/s1. The molecule has 2 aromatic carbocycles. The molecule has 0 aliphatic heterocycles. The van der Waals surface area contributed by atoms with Crippen LogP contribution in [0.3, 0.4) is 0 Å². The maximum atomic E-state index is 12.8. The number of rotatable bonds is 8. The summed E-state index contributed by atoms with van der Waals surface area (Å²) in [5.74, 6) is 0.731. The number of hydrogen-bond acceptors (Lipinski definition) is 4. The highest BCUT2D eigenvalue weighted by molar-refractivity contribution is 7.92. The summed E-state index contributed by atoms with van der Waals surface area (Å²) in [5, 5.41) is 2.96. The van der Waals surface area contributed by atoms with Gasteiger partial charge in [0, 0.05) is 0 Å². The number of anilines is 1. The summed E-state index contributed by atoms with van der Waals surface area (Å²) < 4.78 is 31.5. The number of carbonyl (C=O) groups is 1. The summed E-state index contributed by atoms with van der Waals surface area (Å²) in [6.07, 6.45) is 1.12. The molecule has 1 N–H and O–H groups in total. The first kappa shape index (κ1) is 24.7. The molecule has 7 heteroatoms. The second-order valence-electron chi connectivity index (χ2n) is 8.45. The highest BCUT2D eigenvalue weighted by Gasteiger charge is 2.24. The smallest absolute Gasteiger partial charge is 0.241 e. The number of benzene rings is 2. The first-order valence-corrected chi connectivity index (χ1v) is 12.2. The zero-order chi connectivity index (χ0) is 23.5. The molecule has 0 heterocycles. The lowest BCUT2D eigenvalue weighted by Crippen LogP contribution is -2.41. The Morgan fingerprint density at radius 1 is 1.03 bits per heavy atom. The van der Waals surface area contributed by atoms with Crippen molar-refractivity contribution in [3.05, 3.63) is 58.1 Å². The first-order chi connectivity index (χ1) is 14.3. The van der Waals surface area contributed by atoms with E-state index in [2.05, 4.69) is 25.2 Å². The first-order valence-electron chi connectivity index (χ1n) is 10.4. The van der Waals surface area contributed by atoms with E-state index in [1.807, 2.05) is 45.9 Å².